The van der Waals surface area contributed by atoms with E-state index in [1.165, 1.54) is 0 Å². The maximum absolute atomic E-state index is 11.3. The van der Waals surface area contributed by atoms with Crippen molar-refractivity contribution in [3.05, 3.63) is 29.3 Å². The Balaban J connectivity index is 2.15. The number of ether oxygens (including phenoxy) is 1. The molecule has 2 N–H and O–H groups in total. The third-order valence-electron chi connectivity index (χ3n) is 2.07. The van der Waals surface area contributed by atoms with Gasteiger partial charge >= 0.3 is 5.97 Å². The number of carbonyl (C=O) groups excluding carboxylic acids is 1. The Labute approximate surface area is 110 Å². The number of carboxylic acids is 1. The zero-order valence-corrected chi connectivity index (χ0v) is 10.4. The van der Waals surface area contributed by atoms with E-state index in [1.54, 1.807) is 24.3 Å². The van der Waals surface area contributed by atoms with Crippen molar-refractivity contribution in [2.45, 2.75) is 12.8 Å². The predicted octanol–water partition coefficient (Wildman–Crippen LogP) is 1.70. The molecule has 0 aliphatic rings. The summed E-state index contributed by atoms with van der Waals surface area (Å²) in [5, 5.41) is 11.5. The van der Waals surface area contributed by atoms with Crippen molar-refractivity contribution >= 4 is 23.5 Å². The molecule has 0 atom stereocenters. The van der Waals surface area contributed by atoms with E-state index in [0.29, 0.717) is 10.8 Å². The number of nitrogens with one attached hydrogen (secondary N) is 1. The van der Waals surface area contributed by atoms with Gasteiger partial charge in [-0.15, -0.1) is 0 Å². The molecule has 0 saturated carbocycles. The lowest BCUT2D eigenvalue weighted by atomic mass is 10.3. The molecule has 1 aromatic carbocycles. The topological polar surface area (TPSA) is 75.6 Å². The van der Waals surface area contributed by atoms with Gasteiger partial charge in [0.25, 0.3) is 0 Å². The van der Waals surface area contributed by atoms with E-state index in [9.17, 15) is 9.59 Å². The third kappa shape index (κ3) is 6.10. The minimum Gasteiger partial charge on any atom is -0.493 e. The summed E-state index contributed by atoms with van der Waals surface area (Å²) in [5.41, 5.74) is 0. The first-order valence-corrected chi connectivity index (χ1v) is 5.82. The van der Waals surface area contributed by atoms with E-state index in [4.69, 9.17) is 21.4 Å². The number of hydrogen-bond acceptors (Lipinski definition) is 3. The van der Waals surface area contributed by atoms with Crippen LogP contribution in [0, 0.1) is 0 Å². The van der Waals surface area contributed by atoms with E-state index in [-0.39, 0.29) is 31.9 Å². The summed E-state index contributed by atoms with van der Waals surface area (Å²) < 4.78 is 5.32. The number of halogens is 1. The molecule has 6 heteroatoms. The summed E-state index contributed by atoms with van der Waals surface area (Å²) in [6.07, 6.45) is 0.103. The molecule has 0 heterocycles. The van der Waals surface area contributed by atoms with Crippen LogP contribution in [0.4, 0.5) is 0 Å². The second-order valence-corrected chi connectivity index (χ2v) is 3.98. The molecule has 0 aromatic heterocycles. The lowest BCUT2D eigenvalue weighted by Gasteiger charge is -2.06. The smallest absolute Gasteiger partial charge is 0.305 e. The normalized spacial score (nSPS) is 9.83. The fourth-order valence-electron chi connectivity index (χ4n) is 1.19. The van der Waals surface area contributed by atoms with E-state index in [0.717, 1.165) is 0 Å². The van der Waals surface area contributed by atoms with Crippen molar-refractivity contribution in [1.82, 2.24) is 5.32 Å². The van der Waals surface area contributed by atoms with Gasteiger partial charge in [-0.25, -0.2) is 0 Å². The predicted molar refractivity (Wildman–Crippen MR) is 66.8 cm³/mol. The van der Waals surface area contributed by atoms with Crippen molar-refractivity contribution in [3.63, 3.8) is 0 Å². The monoisotopic (exact) mass is 271 g/mol. The standard InChI is InChI=1S/C12H14ClNO4/c13-9-1-3-10(4-2-9)18-8-6-11(15)14-7-5-12(16)17/h1-4H,5-8H2,(H,14,15)(H,16,17). The molecule has 0 aliphatic heterocycles. The SMILES string of the molecule is O=C(O)CCNC(=O)CCOc1ccc(Cl)cc1. The third-order valence-corrected chi connectivity index (χ3v) is 2.32. The Bertz CT molecular complexity index is 405. The zero-order chi connectivity index (χ0) is 13.4. The van der Waals surface area contributed by atoms with Crippen LogP contribution in [0.15, 0.2) is 24.3 Å². The highest BCUT2D eigenvalue weighted by Crippen LogP contribution is 2.15. The quantitative estimate of drug-likeness (QED) is 0.791. The molecule has 18 heavy (non-hydrogen) atoms. The highest BCUT2D eigenvalue weighted by Gasteiger charge is 2.03. The van der Waals surface area contributed by atoms with Gasteiger partial charge in [0.15, 0.2) is 0 Å². The van der Waals surface area contributed by atoms with E-state index in [1.807, 2.05) is 0 Å². The number of rotatable bonds is 7. The van der Waals surface area contributed by atoms with Gasteiger partial charge in [-0.2, -0.15) is 0 Å². The van der Waals surface area contributed by atoms with Gasteiger partial charge in [0, 0.05) is 11.6 Å². The number of aliphatic carboxylic acids is 1. The van der Waals surface area contributed by atoms with Crippen LogP contribution < -0.4 is 10.1 Å². The van der Waals surface area contributed by atoms with Gasteiger partial charge in [0.1, 0.15) is 5.75 Å². The second-order valence-electron chi connectivity index (χ2n) is 3.55. The van der Waals surface area contributed by atoms with Crippen molar-refractivity contribution in [3.8, 4) is 5.75 Å². The zero-order valence-electron chi connectivity index (χ0n) is 9.69. The molecule has 1 amide bonds. The fraction of sp³-hybridized carbons (Fsp3) is 0.333. The van der Waals surface area contributed by atoms with Crippen LogP contribution in [-0.4, -0.2) is 30.1 Å². The number of carboxylic acid groups (broad SMARTS) is 1. The number of benzene rings is 1. The number of carbonyl (C=O) groups is 2. The van der Waals surface area contributed by atoms with Crippen molar-refractivity contribution in [2.24, 2.45) is 0 Å². The summed E-state index contributed by atoms with van der Waals surface area (Å²) >= 11 is 5.71. The van der Waals surface area contributed by atoms with Gasteiger partial charge in [-0.1, -0.05) is 11.6 Å². The molecule has 1 aromatic rings. The number of amides is 1. The molecule has 0 spiro atoms. The van der Waals surface area contributed by atoms with Crippen LogP contribution in [0.25, 0.3) is 0 Å². The van der Waals surface area contributed by atoms with Gasteiger partial charge in [0.05, 0.1) is 19.4 Å². The Hall–Kier alpha value is -1.75. The molecule has 0 fully saturated rings. The molecule has 0 unspecified atom stereocenters. The van der Waals surface area contributed by atoms with Crippen LogP contribution >= 0.6 is 11.6 Å². The Morgan fingerprint density at radius 3 is 2.50 bits per heavy atom. The molecule has 0 saturated heterocycles. The van der Waals surface area contributed by atoms with Crippen molar-refractivity contribution in [2.75, 3.05) is 13.2 Å². The molecule has 1 rings (SSSR count). The average Bonchev–Trinajstić information content (AvgIpc) is 2.31. The van der Waals surface area contributed by atoms with E-state index < -0.39 is 5.97 Å². The maximum atomic E-state index is 11.3. The van der Waals surface area contributed by atoms with Crippen LogP contribution in [-0.2, 0) is 9.59 Å². The summed E-state index contributed by atoms with van der Waals surface area (Å²) in [4.78, 5) is 21.5. The first kappa shape index (κ1) is 14.3. The van der Waals surface area contributed by atoms with E-state index >= 15 is 0 Å². The van der Waals surface area contributed by atoms with Gasteiger partial charge in [0.2, 0.25) is 5.91 Å². The first-order chi connectivity index (χ1) is 8.58. The average molecular weight is 272 g/mol. The van der Waals surface area contributed by atoms with Gasteiger partial charge in [-0.3, -0.25) is 9.59 Å². The van der Waals surface area contributed by atoms with Crippen molar-refractivity contribution < 1.29 is 19.4 Å². The highest BCUT2D eigenvalue weighted by atomic mass is 35.5. The summed E-state index contributed by atoms with van der Waals surface area (Å²) in [6.45, 7) is 0.371. The minimum absolute atomic E-state index is 0.0796. The Morgan fingerprint density at radius 1 is 1.22 bits per heavy atom. The van der Waals surface area contributed by atoms with Crippen LogP contribution in [0.1, 0.15) is 12.8 Å². The van der Waals surface area contributed by atoms with Gasteiger partial charge in [-0.05, 0) is 24.3 Å². The Morgan fingerprint density at radius 2 is 1.89 bits per heavy atom. The van der Waals surface area contributed by atoms with Crippen LogP contribution in [0.5, 0.6) is 5.75 Å². The molecular weight excluding hydrogens is 258 g/mol. The Kier molecular flexibility index (Phi) is 6.00. The molecule has 0 radical (unpaired) electrons. The van der Waals surface area contributed by atoms with Gasteiger partial charge < -0.3 is 15.2 Å². The minimum atomic E-state index is -0.937. The molecule has 0 bridgehead atoms. The maximum Gasteiger partial charge on any atom is 0.305 e. The first-order valence-electron chi connectivity index (χ1n) is 5.45. The summed E-state index contributed by atoms with van der Waals surface area (Å²) in [7, 11) is 0. The summed E-state index contributed by atoms with van der Waals surface area (Å²) in [5.74, 6) is -0.532. The highest BCUT2D eigenvalue weighted by molar-refractivity contribution is 6.30. The largest absolute Gasteiger partial charge is 0.493 e. The van der Waals surface area contributed by atoms with Crippen LogP contribution in [0.3, 0.4) is 0 Å². The van der Waals surface area contributed by atoms with Crippen LogP contribution in [0.2, 0.25) is 5.02 Å². The van der Waals surface area contributed by atoms with Crippen molar-refractivity contribution in [1.29, 1.82) is 0 Å². The lowest BCUT2D eigenvalue weighted by molar-refractivity contribution is -0.136. The summed E-state index contributed by atoms with van der Waals surface area (Å²) in [6, 6.07) is 6.82. The fourth-order valence-corrected chi connectivity index (χ4v) is 1.32. The second kappa shape index (κ2) is 7.55. The molecular formula is C12H14ClNO4. The number of hydrogen-bond donors (Lipinski definition) is 2. The molecule has 98 valence electrons. The lowest BCUT2D eigenvalue weighted by Crippen LogP contribution is -2.27. The molecule has 0 aliphatic carbocycles. The molecule has 5 nitrogen and oxygen atoms in total. The van der Waals surface area contributed by atoms with E-state index in [2.05, 4.69) is 5.32 Å².